The summed E-state index contributed by atoms with van der Waals surface area (Å²) >= 11 is 0. The van der Waals surface area contributed by atoms with E-state index in [1.807, 2.05) is 0 Å². The van der Waals surface area contributed by atoms with E-state index in [1.165, 1.54) is 0 Å². The molecule has 3 heteroatoms. The molecule has 1 aromatic rings. The van der Waals surface area contributed by atoms with Crippen LogP contribution in [0.5, 0.6) is 5.75 Å². The van der Waals surface area contributed by atoms with E-state index >= 15 is 0 Å². The SMILES string of the molecule is NC(CO)c1ccc(O)cc1. The Balaban J connectivity index is 2.81. The Labute approximate surface area is 65.1 Å². The van der Waals surface area contributed by atoms with Gasteiger partial charge < -0.3 is 15.9 Å². The summed E-state index contributed by atoms with van der Waals surface area (Å²) in [5, 5.41) is 17.6. The molecule has 0 bridgehead atoms. The van der Waals surface area contributed by atoms with Crippen LogP contribution in [-0.2, 0) is 0 Å². The fourth-order valence-electron chi connectivity index (χ4n) is 0.827. The number of hydrogen-bond donors (Lipinski definition) is 3. The van der Waals surface area contributed by atoms with Crippen molar-refractivity contribution >= 4 is 0 Å². The molecule has 0 radical (unpaired) electrons. The van der Waals surface area contributed by atoms with E-state index in [9.17, 15) is 0 Å². The van der Waals surface area contributed by atoms with Gasteiger partial charge in [0.15, 0.2) is 0 Å². The molecule has 0 heterocycles. The molecule has 1 atom stereocenters. The third kappa shape index (κ3) is 1.93. The van der Waals surface area contributed by atoms with E-state index in [-0.39, 0.29) is 18.4 Å². The van der Waals surface area contributed by atoms with Gasteiger partial charge in [-0.3, -0.25) is 0 Å². The largest absolute Gasteiger partial charge is 0.508 e. The highest BCUT2D eigenvalue weighted by Crippen LogP contribution is 2.14. The molecule has 0 amide bonds. The van der Waals surface area contributed by atoms with Crippen LogP contribution in [0, 0.1) is 0 Å². The molecule has 11 heavy (non-hydrogen) atoms. The fraction of sp³-hybridized carbons (Fsp3) is 0.250. The van der Waals surface area contributed by atoms with E-state index in [0.717, 1.165) is 5.56 Å². The molecule has 0 saturated heterocycles. The first-order valence-corrected chi connectivity index (χ1v) is 3.39. The first kappa shape index (κ1) is 8.04. The van der Waals surface area contributed by atoms with E-state index in [2.05, 4.69) is 0 Å². The van der Waals surface area contributed by atoms with Crippen LogP contribution in [0.15, 0.2) is 24.3 Å². The van der Waals surface area contributed by atoms with Crippen molar-refractivity contribution in [3.05, 3.63) is 29.8 Å². The molecule has 0 saturated carbocycles. The van der Waals surface area contributed by atoms with Gasteiger partial charge in [-0.1, -0.05) is 12.1 Å². The Kier molecular flexibility index (Phi) is 2.46. The van der Waals surface area contributed by atoms with Gasteiger partial charge in [0.1, 0.15) is 5.75 Å². The molecule has 1 aromatic carbocycles. The highest BCUT2D eigenvalue weighted by molar-refractivity contribution is 5.27. The van der Waals surface area contributed by atoms with Crippen molar-refractivity contribution in [2.75, 3.05) is 6.61 Å². The molecule has 1 rings (SSSR count). The van der Waals surface area contributed by atoms with Crippen LogP contribution < -0.4 is 5.73 Å². The third-order valence-corrected chi connectivity index (χ3v) is 1.52. The Morgan fingerprint density at radius 1 is 1.27 bits per heavy atom. The molecule has 60 valence electrons. The molecular weight excluding hydrogens is 142 g/mol. The summed E-state index contributed by atoms with van der Waals surface area (Å²) in [5.41, 5.74) is 6.34. The lowest BCUT2D eigenvalue weighted by atomic mass is 10.1. The van der Waals surface area contributed by atoms with Crippen molar-refractivity contribution in [1.29, 1.82) is 0 Å². The van der Waals surface area contributed by atoms with Crippen LogP contribution in [0.3, 0.4) is 0 Å². The first-order chi connectivity index (χ1) is 5.24. The summed E-state index contributed by atoms with van der Waals surface area (Å²) < 4.78 is 0. The maximum Gasteiger partial charge on any atom is 0.115 e. The summed E-state index contributed by atoms with van der Waals surface area (Å²) in [6.07, 6.45) is 0. The van der Waals surface area contributed by atoms with E-state index in [1.54, 1.807) is 24.3 Å². The second-order valence-corrected chi connectivity index (χ2v) is 2.38. The third-order valence-electron chi connectivity index (χ3n) is 1.52. The van der Waals surface area contributed by atoms with Gasteiger partial charge in [-0.25, -0.2) is 0 Å². The number of aliphatic hydroxyl groups excluding tert-OH is 1. The quantitative estimate of drug-likeness (QED) is 0.575. The lowest BCUT2D eigenvalue weighted by Crippen LogP contribution is -2.13. The zero-order chi connectivity index (χ0) is 8.27. The minimum atomic E-state index is -0.351. The standard InChI is InChI=1S/C8H11NO2/c9-8(5-10)6-1-3-7(11)4-2-6/h1-4,8,10-11H,5,9H2. The maximum absolute atomic E-state index is 8.91. The van der Waals surface area contributed by atoms with Crippen LogP contribution in [0.2, 0.25) is 0 Å². The van der Waals surface area contributed by atoms with Gasteiger partial charge in [-0.05, 0) is 17.7 Å². The lowest BCUT2D eigenvalue weighted by molar-refractivity contribution is 0.268. The van der Waals surface area contributed by atoms with Gasteiger partial charge in [0.05, 0.1) is 12.6 Å². The molecule has 1 unspecified atom stereocenters. The van der Waals surface area contributed by atoms with Gasteiger partial charge in [0, 0.05) is 0 Å². The van der Waals surface area contributed by atoms with Crippen LogP contribution in [0.25, 0.3) is 0 Å². The molecule has 0 aliphatic carbocycles. The van der Waals surface area contributed by atoms with Crippen LogP contribution in [-0.4, -0.2) is 16.8 Å². The summed E-state index contributed by atoms with van der Waals surface area (Å²) in [6, 6.07) is 6.12. The Morgan fingerprint density at radius 2 is 1.82 bits per heavy atom. The van der Waals surface area contributed by atoms with Crippen molar-refractivity contribution in [1.82, 2.24) is 0 Å². The minimum absolute atomic E-state index is 0.0786. The molecule has 0 spiro atoms. The summed E-state index contributed by atoms with van der Waals surface area (Å²) in [4.78, 5) is 0. The van der Waals surface area contributed by atoms with E-state index in [4.69, 9.17) is 15.9 Å². The Hall–Kier alpha value is -1.06. The maximum atomic E-state index is 8.91. The monoisotopic (exact) mass is 153 g/mol. The predicted octanol–water partition coefficient (Wildman–Crippen LogP) is 0.384. The van der Waals surface area contributed by atoms with Crippen molar-refractivity contribution in [2.24, 2.45) is 5.73 Å². The topological polar surface area (TPSA) is 66.5 Å². The van der Waals surface area contributed by atoms with E-state index in [0.29, 0.717) is 0 Å². The van der Waals surface area contributed by atoms with E-state index < -0.39 is 0 Å². The molecule has 3 nitrogen and oxygen atoms in total. The second kappa shape index (κ2) is 3.37. The minimum Gasteiger partial charge on any atom is -0.508 e. The van der Waals surface area contributed by atoms with Gasteiger partial charge in [-0.15, -0.1) is 0 Å². The number of rotatable bonds is 2. The van der Waals surface area contributed by atoms with Crippen molar-refractivity contribution in [2.45, 2.75) is 6.04 Å². The van der Waals surface area contributed by atoms with Crippen molar-refractivity contribution < 1.29 is 10.2 Å². The molecule has 4 N–H and O–H groups in total. The zero-order valence-corrected chi connectivity index (χ0v) is 6.07. The Bertz CT molecular complexity index is 220. The smallest absolute Gasteiger partial charge is 0.115 e. The Morgan fingerprint density at radius 3 is 2.27 bits per heavy atom. The lowest BCUT2D eigenvalue weighted by Gasteiger charge is -2.07. The summed E-state index contributed by atoms with van der Waals surface area (Å²) in [7, 11) is 0. The normalized spacial score (nSPS) is 12.9. The average molecular weight is 153 g/mol. The highest BCUT2D eigenvalue weighted by Gasteiger charge is 2.02. The number of nitrogens with two attached hydrogens (primary N) is 1. The van der Waals surface area contributed by atoms with Crippen LogP contribution in [0.4, 0.5) is 0 Å². The predicted molar refractivity (Wildman–Crippen MR) is 42.1 cm³/mol. The molecule has 0 fully saturated rings. The average Bonchev–Trinajstić information content (AvgIpc) is 2.05. The highest BCUT2D eigenvalue weighted by atomic mass is 16.3. The second-order valence-electron chi connectivity index (χ2n) is 2.38. The summed E-state index contributed by atoms with van der Waals surface area (Å²) in [6.45, 7) is -0.0786. The number of aromatic hydroxyl groups is 1. The number of hydrogen-bond acceptors (Lipinski definition) is 3. The zero-order valence-electron chi connectivity index (χ0n) is 6.07. The first-order valence-electron chi connectivity index (χ1n) is 3.39. The molecule has 0 aliphatic rings. The van der Waals surface area contributed by atoms with Gasteiger partial charge in [-0.2, -0.15) is 0 Å². The number of phenolic OH excluding ortho intramolecular Hbond substituents is 1. The van der Waals surface area contributed by atoms with Gasteiger partial charge in [0.2, 0.25) is 0 Å². The molecule has 0 aliphatic heterocycles. The van der Waals surface area contributed by atoms with Crippen LogP contribution >= 0.6 is 0 Å². The van der Waals surface area contributed by atoms with Gasteiger partial charge >= 0.3 is 0 Å². The molecular formula is C8H11NO2. The summed E-state index contributed by atoms with van der Waals surface area (Å²) in [5.74, 6) is 0.207. The van der Waals surface area contributed by atoms with Crippen LogP contribution in [0.1, 0.15) is 11.6 Å². The number of aliphatic hydroxyl groups is 1. The number of benzene rings is 1. The van der Waals surface area contributed by atoms with Crippen molar-refractivity contribution in [3.8, 4) is 5.75 Å². The molecule has 0 aromatic heterocycles. The number of phenols is 1. The van der Waals surface area contributed by atoms with Crippen molar-refractivity contribution in [3.63, 3.8) is 0 Å². The fourth-order valence-corrected chi connectivity index (χ4v) is 0.827. The van der Waals surface area contributed by atoms with Gasteiger partial charge in [0.25, 0.3) is 0 Å².